The van der Waals surface area contributed by atoms with E-state index in [-0.39, 0.29) is 6.04 Å². The van der Waals surface area contributed by atoms with Gasteiger partial charge in [0.25, 0.3) is 0 Å². The van der Waals surface area contributed by atoms with E-state index >= 15 is 0 Å². The molecular weight excluding hydrogens is 276 g/mol. The fraction of sp³-hybridized carbons (Fsp3) is 0.412. The lowest BCUT2D eigenvalue weighted by molar-refractivity contribution is 0.392. The third-order valence-corrected chi connectivity index (χ3v) is 4.30. The van der Waals surface area contributed by atoms with E-state index in [1.807, 2.05) is 20.8 Å². The van der Waals surface area contributed by atoms with Crippen molar-refractivity contribution < 1.29 is 4.52 Å². The van der Waals surface area contributed by atoms with Gasteiger partial charge in [-0.25, -0.2) is 4.98 Å². The molecule has 0 aliphatic carbocycles. The van der Waals surface area contributed by atoms with Gasteiger partial charge >= 0.3 is 0 Å². The Morgan fingerprint density at radius 3 is 2.45 bits per heavy atom. The molecule has 116 valence electrons. The Kier molecular flexibility index (Phi) is 3.53. The summed E-state index contributed by atoms with van der Waals surface area (Å²) >= 11 is 0. The molecule has 0 saturated heterocycles. The lowest BCUT2D eigenvalue weighted by Crippen LogP contribution is -2.14. The molecule has 0 amide bonds. The minimum absolute atomic E-state index is 0.131. The highest BCUT2D eigenvalue weighted by Gasteiger charge is 2.18. The Hall–Kier alpha value is -2.14. The van der Waals surface area contributed by atoms with Gasteiger partial charge in [-0.05, 0) is 57.9 Å². The number of imidazole rings is 1. The molecule has 0 aliphatic heterocycles. The maximum Gasteiger partial charge on any atom is 0.138 e. The van der Waals surface area contributed by atoms with Gasteiger partial charge in [-0.15, -0.1) is 0 Å². The smallest absolute Gasteiger partial charge is 0.138 e. The summed E-state index contributed by atoms with van der Waals surface area (Å²) in [6.45, 7) is 10.8. The molecule has 22 heavy (non-hydrogen) atoms. The number of hydrogen-bond acceptors (Lipinski definition) is 4. The van der Waals surface area contributed by atoms with E-state index in [0.29, 0.717) is 6.54 Å². The lowest BCUT2D eigenvalue weighted by atomic mass is 10.1. The fourth-order valence-electron chi connectivity index (χ4n) is 2.80. The van der Waals surface area contributed by atoms with Crippen molar-refractivity contribution >= 4 is 11.0 Å². The molecule has 1 atom stereocenters. The lowest BCUT2D eigenvalue weighted by Gasteiger charge is -2.12. The molecule has 3 aromatic rings. The van der Waals surface area contributed by atoms with Gasteiger partial charge in [0.1, 0.15) is 11.6 Å². The molecule has 2 heterocycles. The van der Waals surface area contributed by atoms with Crippen molar-refractivity contribution in [2.24, 2.45) is 5.73 Å². The van der Waals surface area contributed by atoms with E-state index in [1.54, 1.807) is 0 Å². The maximum absolute atomic E-state index is 6.14. The molecule has 1 aromatic carbocycles. The van der Waals surface area contributed by atoms with Crippen molar-refractivity contribution in [2.75, 3.05) is 0 Å². The minimum atomic E-state index is -0.131. The summed E-state index contributed by atoms with van der Waals surface area (Å²) in [6.07, 6.45) is 0. The number of hydrogen-bond donors (Lipinski definition) is 1. The summed E-state index contributed by atoms with van der Waals surface area (Å²) < 4.78 is 7.46. The fourth-order valence-corrected chi connectivity index (χ4v) is 2.80. The second-order valence-electron chi connectivity index (χ2n) is 6.07. The molecule has 5 nitrogen and oxygen atoms in total. The zero-order valence-corrected chi connectivity index (χ0v) is 13.8. The molecule has 2 N–H and O–H groups in total. The second-order valence-corrected chi connectivity index (χ2v) is 6.07. The summed E-state index contributed by atoms with van der Waals surface area (Å²) in [7, 11) is 0. The van der Waals surface area contributed by atoms with Crippen LogP contribution in [0.5, 0.6) is 0 Å². The SMILES string of the molecule is Cc1cc2nc(C(C)N)n(Cc3c(C)noc3C)c2cc1C. The van der Waals surface area contributed by atoms with Crippen molar-refractivity contribution in [1.82, 2.24) is 14.7 Å². The third kappa shape index (κ3) is 2.31. The van der Waals surface area contributed by atoms with E-state index in [9.17, 15) is 0 Å². The molecule has 0 bridgehead atoms. The first-order chi connectivity index (χ1) is 10.4. The van der Waals surface area contributed by atoms with Crippen LogP contribution in [0.2, 0.25) is 0 Å². The normalized spacial score (nSPS) is 13.0. The third-order valence-electron chi connectivity index (χ3n) is 4.30. The number of fused-ring (bicyclic) bond motifs is 1. The predicted octanol–water partition coefficient (Wildman–Crippen LogP) is 3.33. The van der Waals surface area contributed by atoms with Crippen LogP contribution in [0.3, 0.4) is 0 Å². The predicted molar refractivity (Wildman–Crippen MR) is 86.9 cm³/mol. The molecule has 5 heteroatoms. The van der Waals surface area contributed by atoms with E-state index in [1.165, 1.54) is 11.1 Å². The van der Waals surface area contributed by atoms with Crippen molar-refractivity contribution in [3.8, 4) is 0 Å². The molecule has 0 aliphatic rings. The van der Waals surface area contributed by atoms with Gasteiger partial charge in [-0.1, -0.05) is 5.16 Å². The Bertz CT molecular complexity index is 823. The molecule has 0 spiro atoms. The number of rotatable bonds is 3. The average Bonchev–Trinajstić information content (AvgIpc) is 2.95. The van der Waals surface area contributed by atoms with E-state index in [2.05, 4.69) is 35.7 Å². The van der Waals surface area contributed by atoms with Gasteiger partial charge < -0.3 is 14.8 Å². The summed E-state index contributed by atoms with van der Waals surface area (Å²) in [6, 6.07) is 4.18. The van der Waals surface area contributed by atoms with Crippen molar-refractivity contribution in [3.63, 3.8) is 0 Å². The summed E-state index contributed by atoms with van der Waals surface area (Å²) in [5.41, 5.74) is 12.7. The first-order valence-corrected chi connectivity index (χ1v) is 7.53. The van der Waals surface area contributed by atoms with Crippen LogP contribution >= 0.6 is 0 Å². The molecule has 0 saturated carbocycles. The summed E-state index contributed by atoms with van der Waals surface area (Å²) in [5.74, 6) is 1.74. The van der Waals surface area contributed by atoms with Gasteiger partial charge in [0.15, 0.2) is 0 Å². The number of benzene rings is 1. The summed E-state index contributed by atoms with van der Waals surface area (Å²) in [4.78, 5) is 4.74. The molecule has 1 unspecified atom stereocenters. The standard InChI is InChI=1S/C17H22N4O/c1-9-6-15-16(7-10(9)2)21(17(19-15)11(3)18)8-14-12(4)20-22-13(14)5/h6-7,11H,8,18H2,1-5H3. The van der Waals surface area contributed by atoms with Crippen LogP contribution in [0.4, 0.5) is 0 Å². The van der Waals surface area contributed by atoms with E-state index in [4.69, 9.17) is 15.2 Å². The first kappa shape index (κ1) is 14.8. The van der Waals surface area contributed by atoms with Crippen LogP contribution in [0.15, 0.2) is 16.7 Å². The summed E-state index contributed by atoms with van der Waals surface area (Å²) in [5, 5.41) is 4.04. The van der Waals surface area contributed by atoms with Crippen LogP contribution in [-0.4, -0.2) is 14.7 Å². The maximum atomic E-state index is 6.14. The van der Waals surface area contributed by atoms with E-state index in [0.717, 1.165) is 33.9 Å². The molecule has 3 rings (SSSR count). The molecule has 2 aromatic heterocycles. The van der Waals surface area contributed by atoms with Crippen LogP contribution in [-0.2, 0) is 6.54 Å². The first-order valence-electron chi connectivity index (χ1n) is 7.53. The Balaban J connectivity index is 2.22. The molecular formula is C17H22N4O. The quantitative estimate of drug-likeness (QED) is 0.805. The van der Waals surface area contributed by atoms with Gasteiger partial charge in [-0.2, -0.15) is 0 Å². The molecule has 0 fully saturated rings. The van der Waals surface area contributed by atoms with Gasteiger partial charge in [-0.3, -0.25) is 0 Å². The van der Waals surface area contributed by atoms with Gasteiger partial charge in [0, 0.05) is 5.56 Å². The van der Waals surface area contributed by atoms with Crippen LogP contribution in [0, 0.1) is 27.7 Å². The molecule has 0 radical (unpaired) electrons. The van der Waals surface area contributed by atoms with Crippen molar-refractivity contribution in [3.05, 3.63) is 46.1 Å². The van der Waals surface area contributed by atoms with Crippen LogP contribution in [0.25, 0.3) is 11.0 Å². The van der Waals surface area contributed by atoms with E-state index < -0.39 is 0 Å². The van der Waals surface area contributed by atoms with Crippen molar-refractivity contribution in [2.45, 2.75) is 47.2 Å². The van der Waals surface area contributed by atoms with Crippen LogP contribution < -0.4 is 5.73 Å². The Morgan fingerprint density at radius 1 is 1.18 bits per heavy atom. The average molecular weight is 298 g/mol. The highest BCUT2D eigenvalue weighted by atomic mass is 16.5. The van der Waals surface area contributed by atoms with Crippen molar-refractivity contribution in [1.29, 1.82) is 0 Å². The number of nitrogens with two attached hydrogens (primary N) is 1. The van der Waals surface area contributed by atoms with Crippen LogP contribution in [0.1, 0.15) is 46.9 Å². The Labute approximate surface area is 130 Å². The van der Waals surface area contributed by atoms with Gasteiger partial charge in [0.2, 0.25) is 0 Å². The Morgan fingerprint density at radius 2 is 1.86 bits per heavy atom. The number of aromatic nitrogens is 3. The second kappa shape index (κ2) is 5.25. The zero-order chi connectivity index (χ0) is 16.0. The largest absolute Gasteiger partial charge is 0.361 e. The highest BCUT2D eigenvalue weighted by molar-refractivity contribution is 5.78. The highest BCUT2D eigenvalue weighted by Crippen LogP contribution is 2.25. The topological polar surface area (TPSA) is 69.9 Å². The number of nitrogens with zero attached hydrogens (tertiary/aromatic N) is 3. The minimum Gasteiger partial charge on any atom is -0.361 e. The zero-order valence-electron chi connectivity index (χ0n) is 13.8. The monoisotopic (exact) mass is 298 g/mol. The van der Waals surface area contributed by atoms with Gasteiger partial charge in [0.05, 0.1) is 29.3 Å². The number of aryl methyl sites for hydroxylation is 4.